The van der Waals surface area contributed by atoms with Gasteiger partial charge in [-0.05, 0) is 55.8 Å². The third kappa shape index (κ3) is 2.22. The minimum atomic E-state index is 0.154. The third-order valence-corrected chi connectivity index (χ3v) is 5.24. The average molecular weight is 236 g/mol. The molecule has 0 radical (unpaired) electrons. The predicted octanol–water partition coefficient (Wildman–Crippen LogP) is 1.54. The molecule has 0 unspecified atom stereocenters. The Balaban J connectivity index is 1.52. The van der Waals surface area contributed by atoms with E-state index in [-0.39, 0.29) is 5.91 Å². The first-order chi connectivity index (χ1) is 8.26. The SMILES string of the molecule is CNC(=O)CCNC1C2CC3CC(C2)CC1C3. The summed E-state index contributed by atoms with van der Waals surface area (Å²) in [5.41, 5.74) is 0. The summed E-state index contributed by atoms with van der Waals surface area (Å²) in [4.78, 5) is 11.2. The summed E-state index contributed by atoms with van der Waals surface area (Å²) in [5.74, 6) is 4.05. The van der Waals surface area contributed by atoms with Gasteiger partial charge in [0.2, 0.25) is 5.91 Å². The van der Waals surface area contributed by atoms with Crippen molar-refractivity contribution in [2.24, 2.45) is 23.7 Å². The standard InChI is InChI=1S/C14H24N2O/c1-15-13(17)2-3-16-14-11-5-9-4-10(7-11)8-12(14)6-9/h9-12,14,16H,2-8H2,1H3,(H,15,17). The lowest BCUT2D eigenvalue weighted by atomic mass is 9.54. The van der Waals surface area contributed by atoms with Gasteiger partial charge < -0.3 is 10.6 Å². The van der Waals surface area contributed by atoms with Crippen molar-refractivity contribution in [1.82, 2.24) is 10.6 Å². The number of hydrogen-bond donors (Lipinski definition) is 2. The van der Waals surface area contributed by atoms with Crippen LogP contribution in [0.15, 0.2) is 0 Å². The van der Waals surface area contributed by atoms with E-state index in [0.717, 1.165) is 30.2 Å². The van der Waals surface area contributed by atoms with Gasteiger partial charge in [-0.25, -0.2) is 0 Å². The second kappa shape index (κ2) is 4.60. The minimum Gasteiger partial charge on any atom is -0.359 e. The molecule has 0 aromatic carbocycles. The molecule has 0 heterocycles. The molecule has 0 spiro atoms. The van der Waals surface area contributed by atoms with E-state index in [0.29, 0.717) is 12.5 Å². The number of rotatable bonds is 4. The Hall–Kier alpha value is -0.570. The molecule has 0 aromatic heterocycles. The maximum absolute atomic E-state index is 11.2. The molecule has 17 heavy (non-hydrogen) atoms. The van der Waals surface area contributed by atoms with Crippen molar-refractivity contribution >= 4 is 5.91 Å². The molecule has 96 valence electrons. The molecule has 4 fully saturated rings. The Morgan fingerprint density at radius 3 is 2.18 bits per heavy atom. The summed E-state index contributed by atoms with van der Waals surface area (Å²) < 4.78 is 0. The Labute approximate surface area is 104 Å². The summed E-state index contributed by atoms with van der Waals surface area (Å²) in [6.45, 7) is 0.854. The van der Waals surface area contributed by atoms with Crippen LogP contribution in [0.3, 0.4) is 0 Å². The van der Waals surface area contributed by atoms with Crippen LogP contribution in [0.1, 0.15) is 38.5 Å². The molecule has 0 saturated heterocycles. The summed E-state index contributed by atoms with van der Waals surface area (Å²) in [6.07, 6.45) is 7.93. The van der Waals surface area contributed by atoms with Crippen LogP contribution >= 0.6 is 0 Å². The highest BCUT2D eigenvalue weighted by atomic mass is 16.1. The fraction of sp³-hybridized carbons (Fsp3) is 0.929. The molecule has 4 aliphatic carbocycles. The van der Waals surface area contributed by atoms with Crippen LogP contribution in [0, 0.1) is 23.7 Å². The van der Waals surface area contributed by atoms with Crippen molar-refractivity contribution in [3.8, 4) is 0 Å². The van der Waals surface area contributed by atoms with Crippen LogP contribution in [0.25, 0.3) is 0 Å². The van der Waals surface area contributed by atoms with Gasteiger partial charge in [-0.15, -0.1) is 0 Å². The van der Waals surface area contributed by atoms with E-state index in [9.17, 15) is 4.79 Å². The Bertz CT molecular complexity index is 275. The Kier molecular flexibility index (Phi) is 3.12. The highest BCUT2D eigenvalue weighted by molar-refractivity contribution is 5.75. The fourth-order valence-electron chi connectivity index (χ4n) is 4.74. The predicted molar refractivity (Wildman–Crippen MR) is 67.5 cm³/mol. The second-order valence-corrected chi connectivity index (χ2v) is 6.33. The van der Waals surface area contributed by atoms with Crippen LogP contribution in [0.2, 0.25) is 0 Å². The zero-order chi connectivity index (χ0) is 11.8. The maximum Gasteiger partial charge on any atom is 0.221 e. The van der Waals surface area contributed by atoms with Gasteiger partial charge in [0, 0.05) is 26.1 Å². The molecule has 4 rings (SSSR count). The molecule has 3 heteroatoms. The van der Waals surface area contributed by atoms with Gasteiger partial charge in [0.1, 0.15) is 0 Å². The van der Waals surface area contributed by atoms with Crippen molar-refractivity contribution in [2.45, 2.75) is 44.6 Å². The van der Waals surface area contributed by atoms with Crippen LogP contribution in [0.5, 0.6) is 0 Å². The van der Waals surface area contributed by atoms with Gasteiger partial charge in [-0.3, -0.25) is 4.79 Å². The monoisotopic (exact) mass is 236 g/mol. The maximum atomic E-state index is 11.2. The van der Waals surface area contributed by atoms with Crippen LogP contribution in [-0.4, -0.2) is 25.5 Å². The van der Waals surface area contributed by atoms with Gasteiger partial charge >= 0.3 is 0 Å². The lowest BCUT2D eigenvalue weighted by molar-refractivity contribution is -0.120. The zero-order valence-electron chi connectivity index (χ0n) is 10.7. The number of carbonyl (C=O) groups excluding carboxylic acids is 1. The molecule has 0 atom stereocenters. The van der Waals surface area contributed by atoms with Crippen molar-refractivity contribution in [2.75, 3.05) is 13.6 Å². The lowest BCUT2D eigenvalue weighted by Crippen LogP contribution is -2.54. The van der Waals surface area contributed by atoms with Crippen molar-refractivity contribution in [1.29, 1.82) is 0 Å². The molecule has 0 aromatic rings. The number of nitrogens with one attached hydrogen (secondary N) is 2. The lowest BCUT2D eigenvalue weighted by Gasteiger charge is -2.54. The van der Waals surface area contributed by atoms with E-state index in [4.69, 9.17) is 0 Å². The van der Waals surface area contributed by atoms with E-state index in [1.807, 2.05) is 0 Å². The number of hydrogen-bond acceptors (Lipinski definition) is 2. The molecule has 2 N–H and O–H groups in total. The van der Waals surface area contributed by atoms with E-state index in [1.165, 1.54) is 32.1 Å². The van der Waals surface area contributed by atoms with Gasteiger partial charge in [0.25, 0.3) is 0 Å². The first-order valence-corrected chi connectivity index (χ1v) is 7.20. The highest BCUT2D eigenvalue weighted by Gasteiger charge is 2.47. The smallest absolute Gasteiger partial charge is 0.221 e. The topological polar surface area (TPSA) is 41.1 Å². The van der Waals surface area contributed by atoms with Gasteiger partial charge in [-0.2, -0.15) is 0 Å². The summed E-state index contributed by atoms with van der Waals surface area (Å²) >= 11 is 0. The molecule has 3 nitrogen and oxygen atoms in total. The minimum absolute atomic E-state index is 0.154. The van der Waals surface area contributed by atoms with Gasteiger partial charge in [0.15, 0.2) is 0 Å². The van der Waals surface area contributed by atoms with E-state index in [2.05, 4.69) is 10.6 Å². The third-order valence-electron chi connectivity index (χ3n) is 5.24. The normalized spacial score (nSPS) is 42.8. The Morgan fingerprint density at radius 1 is 1.06 bits per heavy atom. The molecular weight excluding hydrogens is 212 g/mol. The van der Waals surface area contributed by atoms with E-state index in [1.54, 1.807) is 7.05 Å². The molecule has 4 aliphatic rings. The zero-order valence-corrected chi connectivity index (χ0v) is 10.7. The van der Waals surface area contributed by atoms with Crippen molar-refractivity contribution < 1.29 is 4.79 Å². The molecule has 4 bridgehead atoms. The van der Waals surface area contributed by atoms with Crippen LogP contribution in [0.4, 0.5) is 0 Å². The molecule has 4 saturated carbocycles. The first kappa shape index (κ1) is 11.5. The largest absolute Gasteiger partial charge is 0.359 e. The molecule has 1 amide bonds. The quantitative estimate of drug-likeness (QED) is 0.777. The summed E-state index contributed by atoms with van der Waals surface area (Å²) in [5, 5.41) is 6.36. The van der Waals surface area contributed by atoms with Crippen molar-refractivity contribution in [3.05, 3.63) is 0 Å². The first-order valence-electron chi connectivity index (χ1n) is 7.20. The van der Waals surface area contributed by atoms with E-state index >= 15 is 0 Å². The van der Waals surface area contributed by atoms with Crippen molar-refractivity contribution in [3.63, 3.8) is 0 Å². The summed E-state index contributed by atoms with van der Waals surface area (Å²) in [6, 6.07) is 0.715. The number of amides is 1. The second-order valence-electron chi connectivity index (χ2n) is 6.33. The van der Waals surface area contributed by atoms with Gasteiger partial charge in [0.05, 0.1) is 0 Å². The number of carbonyl (C=O) groups is 1. The van der Waals surface area contributed by atoms with Gasteiger partial charge in [-0.1, -0.05) is 0 Å². The van der Waals surface area contributed by atoms with E-state index < -0.39 is 0 Å². The summed E-state index contributed by atoms with van der Waals surface area (Å²) in [7, 11) is 1.71. The van der Waals surface area contributed by atoms with Crippen LogP contribution < -0.4 is 10.6 Å². The fourth-order valence-corrected chi connectivity index (χ4v) is 4.74. The molecular formula is C14H24N2O. The average Bonchev–Trinajstić information content (AvgIpc) is 2.31. The molecule has 0 aliphatic heterocycles. The van der Waals surface area contributed by atoms with Crippen LogP contribution in [-0.2, 0) is 4.79 Å². The highest BCUT2D eigenvalue weighted by Crippen LogP contribution is 2.53. The Morgan fingerprint density at radius 2 is 1.65 bits per heavy atom.